The molecule has 0 aliphatic carbocycles. The van der Waals surface area contributed by atoms with E-state index in [2.05, 4.69) is 10.6 Å². The van der Waals surface area contributed by atoms with Crippen molar-refractivity contribution in [1.29, 1.82) is 0 Å². The van der Waals surface area contributed by atoms with E-state index in [0.29, 0.717) is 13.2 Å². The first-order valence-corrected chi connectivity index (χ1v) is 6.88. The molecule has 1 saturated heterocycles. The van der Waals surface area contributed by atoms with Gasteiger partial charge in [-0.1, -0.05) is 18.2 Å². The Balaban J connectivity index is 1.73. The highest BCUT2D eigenvalue weighted by Gasteiger charge is 2.21. The molecule has 2 rings (SSSR count). The smallest absolute Gasteiger partial charge is 0.237 e. The Morgan fingerprint density at radius 2 is 2.16 bits per heavy atom. The second-order valence-corrected chi connectivity index (χ2v) is 5.01. The minimum atomic E-state index is -0.0137. The van der Waals surface area contributed by atoms with Crippen molar-refractivity contribution in [2.24, 2.45) is 0 Å². The molecule has 1 atom stereocenters. The number of ether oxygens (including phenoxy) is 1. The lowest BCUT2D eigenvalue weighted by Gasteiger charge is -2.14. The van der Waals surface area contributed by atoms with E-state index in [1.165, 1.54) is 0 Å². The number of carbonyl (C=O) groups excluding carboxylic acids is 1. The number of aryl methyl sites for hydroxylation is 2. The highest BCUT2D eigenvalue weighted by Crippen LogP contribution is 2.21. The van der Waals surface area contributed by atoms with Crippen molar-refractivity contribution in [3.05, 3.63) is 29.3 Å². The van der Waals surface area contributed by atoms with Crippen LogP contribution in [0.3, 0.4) is 0 Å². The van der Waals surface area contributed by atoms with Crippen LogP contribution in [0.25, 0.3) is 0 Å². The van der Waals surface area contributed by atoms with E-state index >= 15 is 0 Å². The van der Waals surface area contributed by atoms with E-state index in [4.69, 9.17) is 4.74 Å². The van der Waals surface area contributed by atoms with Crippen LogP contribution in [0, 0.1) is 13.8 Å². The molecule has 4 heteroatoms. The summed E-state index contributed by atoms with van der Waals surface area (Å²) in [5, 5.41) is 6.09. The first-order valence-electron chi connectivity index (χ1n) is 6.88. The lowest BCUT2D eigenvalue weighted by atomic mass is 10.1. The minimum absolute atomic E-state index is 0.0137. The second kappa shape index (κ2) is 6.57. The molecular formula is C15H22N2O2. The fourth-order valence-electron chi connectivity index (χ4n) is 2.39. The number of nitrogens with one attached hydrogen (secondary N) is 2. The SMILES string of the molecule is Cc1cccc(C)c1OCCNC(=O)[C@@H]1CCCN1. The van der Waals surface area contributed by atoms with Crippen molar-refractivity contribution in [2.45, 2.75) is 32.7 Å². The zero-order valence-electron chi connectivity index (χ0n) is 11.7. The summed E-state index contributed by atoms with van der Waals surface area (Å²) in [5.41, 5.74) is 2.26. The van der Waals surface area contributed by atoms with Crippen LogP contribution in [-0.4, -0.2) is 31.6 Å². The van der Waals surface area contributed by atoms with Gasteiger partial charge in [-0.3, -0.25) is 4.79 Å². The summed E-state index contributed by atoms with van der Waals surface area (Å²) in [7, 11) is 0. The van der Waals surface area contributed by atoms with Crippen molar-refractivity contribution in [3.8, 4) is 5.75 Å². The van der Waals surface area contributed by atoms with Crippen LogP contribution in [0.15, 0.2) is 18.2 Å². The largest absolute Gasteiger partial charge is 0.491 e. The van der Waals surface area contributed by atoms with Crippen LogP contribution in [-0.2, 0) is 4.79 Å². The predicted octanol–water partition coefficient (Wildman–Crippen LogP) is 1.55. The Bertz CT molecular complexity index is 420. The third-order valence-corrected chi connectivity index (χ3v) is 3.43. The number of hydrogen-bond acceptors (Lipinski definition) is 3. The zero-order chi connectivity index (χ0) is 13.7. The average molecular weight is 262 g/mol. The van der Waals surface area contributed by atoms with E-state index < -0.39 is 0 Å². The third kappa shape index (κ3) is 3.70. The highest BCUT2D eigenvalue weighted by atomic mass is 16.5. The summed E-state index contributed by atoms with van der Waals surface area (Å²) in [6.45, 7) is 6.05. The quantitative estimate of drug-likeness (QED) is 0.792. The van der Waals surface area contributed by atoms with Crippen molar-refractivity contribution in [1.82, 2.24) is 10.6 Å². The maximum Gasteiger partial charge on any atom is 0.237 e. The summed E-state index contributed by atoms with van der Waals surface area (Å²) in [4.78, 5) is 11.8. The Hall–Kier alpha value is -1.55. The third-order valence-electron chi connectivity index (χ3n) is 3.43. The Labute approximate surface area is 114 Å². The van der Waals surface area contributed by atoms with Gasteiger partial charge in [0.1, 0.15) is 12.4 Å². The fraction of sp³-hybridized carbons (Fsp3) is 0.533. The van der Waals surface area contributed by atoms with Crippen molar-refractivity contribution >= 4 is 5.91 Å². The molecular weight excluding hydrogens is 240 g/mol. The number of hydrogen-bond donors (Lipinski definition) is 2. The summed E-state index contributed by atoms with van der Waals surface area (Å²) in [6, 6.07) is 6.07. The van der Waals surface area contributed by atoms with Gasteiger partial charge in [0.25, 0.3) is 0 Å². The van der Waals surface area contributed by atoms with Crippen LogP contribution in [0.5, 0.6) is 5.75 Å². The van der Waals surface area contributed by atoms with Gasteiger partial charge >= 0.3 is 0 Å². The van der Waals surface area contributed by atoms with Gasteiger partial charge < -0.3 is 15.4 Å². The number of benzene rings is 1. The van der Waals surface area contributed by atoms with E-state index in [1.54, 1.807) is 0 Å². The number of para-hydroxylation sites is 1. The highest BCUT2D eigenvalue weighted by molar-refractivity contribution is 5.81. The molecule has 1 aliphatic heterocycles. The molecule has 1 amide bonds. The first-order chi connectivity index (χ1) is 9.18. The molecule has 0 radical (unpaired) electrons. The van der Waals surface area contributed by atoms with Gasteiger partial charge in [-0.05, 0) is 44.4 Å². The van der Waals surface area contributed by atoms with Crippen LogP contribution in [0.4, 0.5) is 0 Å². The molecule has 1 fully saturated rings. The first kappa shape index (κ1) is 13.9. The summed E-state index contributed by atoms with van der Waals surface area (Å²) < 4.78 is 5.75. The summed E-state index contributed by atoms with van der Waals surface area (Å²) >= 11 is 0. The fourth-order valence-corrected chi connectivity index (χ4v) is 2.39. The molecule has 1 heterocycles. The molecule has 0 saturated carbocycles. The molecule has 2 N–H and O–H groups in total. The predicted molar refractivity (Wildman–Crippen MR) is 75.4 cm³/mol. The molecule has 1 aromatic carbocycles. The van der Waals surface area contributed by atoms with Gasteiger partial charge in [0, 0.05) is 0 Å². The number of rotatable bonds is 5. The molecule has 0 bridgehead atoms. The molecule has 19 heavy (non-hydrogen) atoms. The van der Waals surface area contributed by atoms with Crippen molar-refractivity contribution < 1.29 is 9.53 Å². The maximum atomic E-state index is 11.8. The van der Waals surface area contributed by atoms with E-state index in [9.17, 15) is 4.79 Å². The van der Waals surface area contributed by atoms with Crippen LogP contribution < -0.4 is 15.4 Å². The zero-order valence-corrected chi connectivity index (χ0v) is 11.7. The normalized spacial score (nSPS) is 18.3. The van der Waals surface area contributed by atoms with Crippen LogP contribution in [0.1, 0.15) is 24.0 Å². The molecule has 1 aliphatic rings. The van der Waals surface area contributed by atoms with E-state index in [1.807, 2.05) is 32.0 Å². The topological polar surface area (TPSA) is 50.4 Å². The Morgan fingerprint density at radius 1 is 1.42 bits per heavy atom. The number of amides is 1. The van der Waals surface area contributed by atoms with Crippen LogP contribution in [0.2, 0.25) is 0 Å². The summed E-state index contributed by atoms with van der Waals surface area (Å²) in [5.74, 6) is 1.01. The Morgan fingerprint density at radius 3 is 2.79 bits per heavy atom. The van der Waals surface area contributed by atoms with Gasteiger partial charge in [0.2, 0.25) is 5.91 Å². The lowest BCUT2D eigenvalue weighted by molar-refractivity contribution is -0.122. The van der Waals surface area contributed by atoms with Gasteiger partial charge in [-0.15, -0.1) is 0 Å². The molecule has 104 valence electrons. The van der Waals surface area contributed by atoms with Crippen molar-refractivity contribution in [3.63, 3.8) is 0 Å². The molecule has 0 spiro atoms. The average Bonchev–Trinajstić information content (AvgIpc) is 2.91. The lowest BCUT2D eigenvalue weighted by Crippen LogP contribution is -2.41. The molecule has 0 aromatic heterocycles. The van der Waals surface area contributed by atoms with Crippen molar-refractivity contribution in [2.75, 3.05) is 19.7 Å². The van der Waals surface area contributed by atoms with E-state index in [-0.39, 0.29) is 11.9 Å². The van der Waals surface area contributed by atoms with Gasteiger partial charge in [0.05, 0.1) is 12.6 Å². The van der Waals surface area contributed by atoms with Gasteiger partial charge in [-0.2, -0.15) is 0 Å². The molecule has 1 aromatic rings. The minimum Gasteiger partial charge on any atom is -0.491 e. The second-order valence-electron chi connectivity index (χ2n) is 5.01. The van der Waals surface area contributed by atoms with Gasteiger partial charge in [0.15, 0.2) is 0 Å². The standard InChI is InChI=1S/C15H22N2O2/c1-11-5-3-6-12(2)14(11)19-10-9-17-15(18)13-7-4-8-16-13/h3,5-6,13,16H,4,7-10H2,1-2H3,(H,17,18)/t13-/m0/s1. The monoisotopic (exact) mass is 262 g/mol. The summed E-state index contributed by atoms with van der Waals surface area (Å²) in [6.07, 6.45) is 2.01. The number of carbonyl (C=O) groups is 1. The van der Waals surface area contributed by atoms with Gasteiger partial charge in [-0.25, -0.2) is 0 Å². The Kier molecular flexibility index (Phi) is 4.80. The molecule has 0 unspecified atom stereocenters. The maximum absolute atomic E-state index is 11.8. The van der Waals surface area contributed by atoms with Crippen LogP contribution >= 0.6 is 0 Å². The molecule has 4 nitrogen and oxygen atoms in total. The van der Waals surface area contributed by atoms with E-state index in [0.717, 1.165) is 36.3 Å².